The average molecular weight is 384 g/mol. The van der Waals surface area contributed by atoms with Gasteiger partial charge in [-0.1, -0.05) is 12.1 Å². The maximum Gasteiger partial charge on any atom is 0.262 e. The number of carbonyl (C=O) groups excluding carboxylic acids is 4. The van der Waals surface area contributed by atoms with Gasteiger partial charge in [0.15, 0.2) is 0 Å². The van der Waals surface area contributed by atoms with Gasteiger partial charge < -0.3 is 10.6 Å². The number of nitrogens with zero attached hydrogens (tertiary/aromatic N) is 1. The minimum absolute atomic E-state index is 0.115. The van der Waals surface area contributed by atoms with Gasteiger partial charge in [-0.2, -0.15) is 0 Å². The summed E-state index contributed by atoms with van der Waals surface area (Å²) in [6.07, 6.45) is 2.55. The molecule has 4 rings (SSSR count). The largest absolute Gasteiger partial charge is 0.312 e. The number of fused-ring (bicyclic) bond motifs is 1. The van der Waals surface area contributed by atoms with Crippen molar-refractivity contribution in [3.63, 3.8) is 0 Å². The predicted molar refractivity (Wildman–Crippen MR) is 100 cm³/mol. The van der Waals surface area contributed by atoms with Gasteiger partial charge in [-0.05, 0) is 44.4 Å². The van der Waals surface area contributed by atoms with Gasteiger partial charge in [0.2, 0.25) is 11.8 Å². The molecule has 0 radical (unpaired) electrons. The van der Waals surface area contributed by atoms with E-state index in [0.717, 1.165) is 29.8 Å². The Morgan fingerprint density at radius 3 is 2.71 bits per heavy atom. The smallest absolute Gasteiger partial charge is 0.262 e. The van der Waals surface area contributed by atoms with E-state index >= 15 is 0 Å². The van der Waals surface area contributed by atoms with Crippen LogP contribution in [0.1, 0.15) is 58.9 Å². The number of nitrogens with one attached hydrogen (secondary N) is 3. The molecule has 0 aliphatic carbocycles. The maximum atomic E-state index is 13.1. The van der Waals surface area contributed by atoms with Gasteiger partial charge in [-0.15, -0.1) is 0 Å². The summed E-state index contributed by atoms with van der Waals surface area (Å²) in [5.74, 6) is -1.90. The van der Waals surface area contributed by atoms with E-state index in [2.05, 4.69) is 22.9 Å². The molecule has 148 valence electrons. The van der Waals surface area contributed by atoms with E-state index in [1.807, 2.05) is 6.07 Å². The third-order valence-corrected chi connectivity index (χ3v) is 5.87. The highest BCUT2D eigenvalue weighted by molar-refractivity contribution is 6.24. The van der Waals surface area contributed by atoms with Crippen molar-refractivity contribution in [1.82, 2.24) is 20.9 Å². The van der Waals surface area contributed by atoms with Crippen LogP contribution in [0.25, 0.3) is 0 Å². The molecule has 3 N–H and O–H groups in total. The lowest BCUT2D eigenvalue weighted by Gasteiger charge is -2.28. The molecule has 0 aromatic heterocycles. The van der Waals surface area contributed by atoms with E-state index in [9.17, 15) is 19.2 Å². The summed E-state index contributed by atoms with van der Waals surface area (Å²) < 4.78 is 0. The molecule has 8 nitrogen and oxygen atoms in total. The predicted octanol–water partition coefficient (Wildman–Crippen LogP) is 0.318. The van der Waals surface area contributed by atoms with Crippen LogP contribution in [0, 0.1) is 0 Å². The summed E-state index contributed by atoms with van der Waals surface area (Å²) in [6.45, 7) is 3.59. The van der Waals surface area contributed by atoms with Gasteiger partial charge in [-0.3, -0.25) is 29.4 Å². The van der Waals surface area contributed by atoms with Gasteiger partial charge in [-0.25, -0.2) is 0 Å². The summed E-state index contributed by atoms with van der Waals surface area (Å²) in [5.41, 5.74) is 1.42. The summed E-state index contributed by atoms with van der Waals surface area (Å²) in [7, 11) is 0. The second-order valence-electron chi connectivity index (χ2n) is 7.66. The van der Waals surface area contributed by atoms with E-state index in [1.54, 1.807) is 12.1 Å². The van der Waals surface area contributed by atoms with Gasteiger partial charge in [0.25, 0.3) is 11.8 Å². The van der Waals surface area contributed by atoms with Crippen LogP contribution in [-0.2, 0) is 16.1 Å². The fourth-order valence-electron chi connectivity index (χ4n) is 4.28. The fraction of sp³-hybridized carbons (Fsp3) is 0.500. The second kappa shape index (κ2) is 7.44. The lowest BCUT2D eigenvalue weighted by atomic mass is 10.0. The Morgan fingerprint density at radius 2 is 2.00 bits per heavy atom. The van der Waals surface area contributed by atoms with Crippen molar-refractivity contribution >= 4 is 23.6 Å². The Morgan fingerprint density at radius 1 is 1.18 bits per heavy atom. The number of benzene rings is 1. The van der Waals surface area contributed by atoms with Crippen LogP contribution in [0.15, 0.2) is 18.2 Å². The molecule has 2 fully saturated rings. The van der Waals surface area contributed by atoms with E-state index in [4.69, 9.17) is 0 Å². The molecule has 0 bridgehead atoms. The first-order valence-electron chi connectivity index (χ1n) is 9.77. The summed E-state index contributed by atoms with van der Waals surface area (Å²) >= 11 is 0. The number of hydrogen-bond donors (Lipinski definition) is 3. The number of rotatable bonds is 5. The minimum atomic E-state index is -0.937. The van der Waals surface area contributed by atoms with E-state index in [1.165, 1.54) is 0 Å². The van der Waals surface area contributed by atoms with Crippen molar-refractivity contribution in [1.29, 1.82) is 0 Å². The lowest BCUT2D eigenvalue weighted by molar-refractivity contribution is -0.136. The standard InChI is InChI=1S/C20H24N4O4/c1-11(14-6-3-9-21-14)22-10-12-4-2-5-13-17(12)20(28)24(19(13)27)15-7-8-16(25)23-18(15)26/h2,4-5,11,14-15,21-22H,3,6-10H2,1H3,(H,23,25,26)/t11?,14-,15?/m0/s1. The van der Waals surface area contributed by atoms with Crippen LogP contribution in [0.4, 0.5) is 0 Å². The Kier molecular flexibility index (Phi) is 4.99. The molecule has 0 saturated carbocycles. The first-order chi connectivity index (χ1) is 13.5. The van der Waals surface area contributed by atoms with Gasteiger partial charge in [0.05, 0.1) is 11.1 Å². The molecule has 2 saturated heterocycles. The van der Waals surface area contributed by atoms with E-state index in [0.29, 0.717) is 23.7 Å². The number of amides is 4. The Bertz CT molecular complexity index is 847. The van der Waals surface area contributed by atoms with Gasteiger partial charge in [0, 0.05) is 25.0 Å². The molecule has 1 aromatic rings. The highest BCUT2D eigenvalue weighted by Gasteiger charge is 2.45. The molecule has 3 heterocycles. The summed E-state index contributed by atoms with van der Waals surface area (Å²) in [6, 6.07) is 4.90. The molecule has 28 heavy (non-hydrogen) atoms. The van der Waals surface area contributed by atoms with Gasteiger partial charge in [0.1, 0.15) is 6.04 Å². The molecule has 3 atom stereocenters. The van der Waals surface area contributed by atoms with Crippen LogP contribution in [0.3, 0.4) is 0 Å². The molecule has 2 unspecified atom stereocenters. The molecule has 1 aromatic carbocycles. The van der Waals surface area contributed by atoms with Gasteiger partial charge >= 0.3 is 0 Å². The van der Waals surface area contributed by atoms with Crippen LogP contribution in [-0.4, -0.2) is 53.2 Å². The topological polar surface area (TPSA) is 108 Å². The fourth-order valence-corrected chi connectivity index (χ4v) is 4.28. The molecule has 8 heteroatoms. The van der Waals surface area contributed by atoms with Crippen LogP contribution in [0.5, 0.6) is 0 Å². The molecular weight excluding hydrogens is 360 g/mol. The Hall–Kier alpha value is -2.58. The molecule has 4 amide bonds. The van der Waals surface area contributed by atoms with Crippen molar-refractivity contribution in [3.8, 4) is 0 Å². The van der Waals surface area contributed by atoms with Crippen molar-refractivity contribution in [2.75, 3.05) is 6.54 Å². The zero-order chi connectivity index (χ0) is 19.8. The van der Waals surface area contributed by atoms with Crippen LogP contribution in [0.2, 0.25) is 0 Å². The summed E-state index contributed by atoms with van der Waals surface area (Å²) in [5, 5.41) is 9.12. The van der Waals surface area contributed by atoms with Crippen LogP contribution >= 0.6 is 0 Å². The normalized spacial score (nSPS) is 25.8. The zero-order valence-corrected chi connectivity index (χ0v) is 15.8. The third kappa shape index (κ3) is 3.22. The average Bonchev–Trinajstić information content (AvgIpc) is 3.29. The Labute approximate surface area is 163 Å². The van der Waals surface area contributed by atoms with Crippen LogP contribution < -0.4 is 16.0 Å². The quantitative estimate of drug-likeness (QED) is 0.631. The Balaban J connectivity index is 1.54. The third-order valence-electron chi connectivity index (χ3n) is 5.87. The first-order valence-corrected chi connectivity index (χ1v) is 9.77. The molecule has 3 aliphatic rings. The van der Waals surface area contributed by atoms with E-state index < -0.39 is 23.8 Å². The maximum absolute atomic E-state index is 13.1. The van der Waals surface area contributed by atoms with Crippen molar-refractivity contribution in [2.24, 2.45) is 0 Å². The molecule has 0 spiro atoms. The number of hydrogen-bond acceptors (Lipinski definition) is 6. The number of carbonyl (C=O) groups is 4. The van der Waals surface area contributed by atoms with Crippen molar-refractivity contribution in [3.05, 3.63) is 34.9 Å². The molecular formula is C20H24N4O4. The van der Waals surface area contributed by atoms with Crippen molar-refractivity contribution in [2.45, 2.75) is 57.3 Å². The first kappa shape index (κ1) is 18.8. The minimum Gasteiger partial charge on any atom is -0.312 e. The lowest BCUT2D eigenvalue weighted by Crippen LogP contribution is -2.54. The number of imide groups is 2. The SMILES string of the molecule is CC(NCc1cccc2c1C(=O)N(C1CCC(=O)NC1=O)C2=O)[C@@H]1CCCN1. The second-order valence-corrected chi connectivity index (χ2v) is 7.66. The zero-order valence-electron chi connectivity index (χ0n) is 15.8. The molecule has 3 aliphatic heterocycles. The highest BCUT2D eigenvalue weighted by Crippen LogP contribution is 2.30. The monoisotopic (exact) mass is 384 g/mol. The summed E-state index contributed by atoms with van der Waals surface area (Å²) in [4.78, 5) is 50.5. The van der Waals surface area contributed by atoms with Crippen molar-refractivity contribution < 1.29 is 19.2 Å². The number of piperidine rings is 1. The highest BCUT2D eigenvalue weighted by atomic mass is 16.2. The van der Waals surface area contributed by atoms with E-state index in [-0.39, 0.29) is 24.8 Å².